The van der Waals surface area contributed by atoms with E-state index >= 15 is 0 Å². The number of rotatable bonds is 4. The largest absolute Gasteiger partial charge is 0.0871 e. The number of benzene rings is 1. The normalized spacial score (nSPS) is 10.9. The van der Waals surface area contributed by atoms with Crippen molar-refractivity contribution < 1.29 is 0 Å². The van der Waals surface area contributed by atoms with Crippen LogP contribution in [-0.4, -0.2) is 0 Å². The molecule has 1 rings (SSSR count). The lowest BCUT2D eigenvalue weighted by Gasteiger charge is -1.99. The quantitative estimate of drug-likeness (QED) is 0.645. The van der Waals surface area contributed by atoms with Gasteiger partial charge in [0, 0.05) is 0 Å². The van der Waals surface area contributed by atoms with Crippen molar-refractivity contribution in [2.45, 2.75) is 33.1 Å². The number of hydrogen-bond acceptors (Lipinski definition) is 0. The van der Waals surface area contributed by atoms with Crippen molar-refractivity contribution in [3.63, 3.8) is 0 Å². The summed E-state index contributed by atoms with van der Waals surface area (Å²) < 4.78 is 0. The van der Waals surface area contributed by atoms with E-state index in [0.717, 1.165) is 0 Å². The van der Waals surface area contributed by atoms with Crippen LogP contribution in [0.1, 0.15) is 37.8 Å². The minimum atomic E-state index is 1.21. The molecule has 0 aromatic heterocycles. The Morgan fingerprint density at radius 2 is 1.85 bits per heavy atom. The van der Waals surface area contributed by atoms with E-state index in [4.69, 9.17) is 0 Å². The van der Waals surface area contributed by atoms with Crippen LogP contribution in [0.15, 0.2) is 30.3 Å². The summed E-state index contributed by atoms with van der Waals surface area (Å²) in [5.74, 6) is 0. The summed E-state index contributed by atoms with van der Waals surface area (Å²) in [6, 6.07) is 8.83. The highest BCUT2D eigenvalue weighted by molar-refractivity contribution is 5.49. The molecule has 0 fully saturated rings. The lowest BCUT2D eigenvalue weighted by Crippen LogP contribution is -1.83. The Labute approximate surface area is 81.3 Å². The van der Waals surface area contributed by atoms with Crippen molar-refractivity contribution in [3.8, 4) is 0 Å². The van der Waals surface area contributed by atoms with Gasteiger partial charge in [-0.1, -0.05) is 49.8 Å². The van der Waals surface area contributed by atoms with Gasteiger partial charge >= 0.3 is 0 Å². The summed E-state index contributed by atoms with van der Waals surface area (Å²) in [5.41, 5.74) is 2.75. The Balaban J connectivity index is 2.58. The number of aryl methyl sites for hydroxylation is 1. The third-order valence-electron chi connectivity index (χ3n) is 2.16. The van der Waals surface area contributed by atoms with Crippen LogP contribution >= 0.6 is 0 Å². The molecule has 0 amide bonds. The summed E-state index contributed by atoms with van der Waals surface area (Å²) in [6.07, 6.45) is 7.98. The van der Waals surface area contributed by atoms with E-state index in [1.54, 1.807) is 0 Å². The topological polar surface area (TPSA) is 0 Å². The molecule has 0 aliphatic carbocycles. The molecule has 0 heteroatoms. The van der Waals surface area contributed by atoms with Gasteiger partial charge in [0.2, 0.25) is 0 Å². The fourth-order valence-electron chi connectivity index (χ4n) is 1.37. The number of hydrogen-bond donors (Lipinski definition) is 0. The minimum absolute atomic E-state index is 1.21. The predicted molar refractivity (Wildman–Crippen MR) is 59.8 cm³/mol. The molecule has 0 unspecified atom stereocenters. The fraction of sp³-hybridized carbons (Fsp3) is 0.385. The Morgan fingerprint density at radius 3 is 2.38 bits per heavy atom. The van der Waals surface area contributed by atoms with Crippen LogP contribution in [0.25, 0.3) is 6.08 Å². The molecule has 0 atom stereocenters. The van der Waals surface area contributed by atoms with Gasteiger partial charge in [-0.05, 0) is 30.9 Å². The Hall–Kier alpha value is -1.04. The lowest BCUT2D eigenvalue weighted by atomic mass is 10.1. The van der Waals surface area contributed by atoms with Gasteiger partial charge in [0.15, 0.2) is 0 Å². The van der Waals surface area contributed by atoms with Gasteiger partial charge in [-0.2, -0.15) is 0 Å². The second-order valence-corrected chi connectivity index (χ2v) is 3.35. The van der Waals surface area contributed by atoms with Crippen molar-refractivity contribution in [2.24, 2.45) is 0 Å². The molecule has 1 aromatic carbocycles. The van der Waals surface area contributed by atoms with Crippen LogP contribution in [-0.2, 0) is 6.42 Å². The van der Waals surface area contributed by atoms with E-state index in [0.29, 0.717) is 0 Å². The zero-order valence-electron chi connectivity index (χ0n) is 8.59. The first-order chi connectivity index (χ1) is 6.36. The summed E-state index contributed by atoms with van der Waals surface area (Å²) in [7, 11) is 0. The molecular formula is C13H18. The smallest absolute Gasteiger partial charge is 0.0260 e. The third kappa shape index (κ3) is 3.45. The van der Waals surface area contributed by atoms with Crippen molar-refractivity contribution in [3.05, 3.63) is 41.5 Å². The van der Waals surface area contributed by atoms with Gasteiger partial charge in [0.1, 0.15) is 0 Å². The predicted octanol–water partition coefficient (Wildman–Crippen LogP) is 4.06. The van der Waals surface area contributed by atoms with Gasteiger partial charge in [0.05, 0.1) is 0 Å². The Morgan fingerprint density at radius 1 is 1.15 bits per heavy atom. The van der Waals surface area contributed by atoms with E-state index in [9.17, 15) is 0 Å². The lowest BCUT2D eigenvalue weighted by molar-refractivity contribution is 0.795. The average Bonchev–Trinajstić information content (AvgIpc) is 2.17. The Kier molecular flexibility index (Phi) is 4.31. The van der Waals surface area contributed by atoms with E-state index in [1.165, 1.54) is 30.4 Å². The maximum absolute atomic E-state index is 2.23. The van der Waals surface area contributed by atoms with Crippen LogP contribution in [0.2, 0.25) is 0 Å². The average molecular weight is 174 g/mol. The molecule has 13 heavy (non-hydrogen) atoms. The van der Waals surface area contributed by atoms with E-state index < -0.39 is 0 Å². The highest BCUT2D eigenvalue weighted by atomic mass is 14.0. The maximum atomic E-state index is 2.23. The van der Waals surface area contributed by atoms with Gasteiger partial charge in [-0.25, -0.2) is 0 Å². The third-order valence-corrected chi connectivity index (χ3v) is 2.16. The van der Waals surface area contributed by atoms with Crippen molar-refractivity contribution >= 4 is 6.08 Å². The standard InChI is InChI=1S/C13H18/c1-3-5-7-13-10-8-12(6-4-2)9-11-13/h4,6,8-11H,3,5,7H2,1-2H3/b6-4+. The molecule has 0 bridgehead atoms. The van der Waals surface area contributed by atoms with Gasteiger partial charge in [-0.3, -0.25) is 0 Å². The minimum Gasteiger partial charge on any atom is -0.0871 e. The van der Waals surface area contributed by atoms with Gasteiger partial charge in [0.25, 0.3) is 0 Å². The maximum Gasteiger partial charge on any atom is -0.0260 e. The highest BCUT2D eigenvalue weighted by Gasteiger charge is 1.91. The Bertz CT molecular complexity index is 254. The second kappa shape index (κ2) is 5.58. The molecule has 0 aliphatic rings. The molecule has 0 saturated heterocycles. The van der Waals surface area contributed by atoms with Crippen molar-refractivity contribution in [1.29, 1.82) is 0 Å². The molecule has 0 nitrogen and oxygen atoms in total. The van der Waals surface area contributed by atoms with Gasteiger partial charge < -0.3 is 0 Å². The van der Waals surface area contributed by atoms with Gasteiger partial charge in [-0.15, -0.1) is 0 Å². The fourth-order valence-corrected chi connectivity index (χ4v) is 1.37. The number of unbranched alkanes of at least 4 members (excludes halogenated alkanes) is 1. The molecule has 0 N–H and O–H groups in total. The van der Waals surface area contributed by atoms with E-state index in [1.807, 2.05) is 6.92 Å². The zero-order valence-corrected chi connectivity index (χ0v) is 8.59. The van der Waals surface area contributed by atoms with E-state index in [2.05, 4.69) is 43.3 Å². The molecule has 1 aromatic rings. The summed E-state index contributed by atoms with van der Waals surface area (Å²) in [5, 5.41) is 0. The monoisotopic (exact) mass is 174 g/mol. The SMILES string of the molecule is C/C=C/c1ccc(CCCC)cc1. The number of allylic oxidation sites excluding steroid dienone is 1. The van der Waals surface area contributed by atoms with E-state index in [-0.39, 0.29) is 0 Å². The second-order valence-electron chi connectivity index (χ2n) is 3.35. The van der Waals surface area contributed by atoms with Crippen LogP contribution in [0, 0.1) is 0 Å². The molecule has 0 spiro atoms. The van der Waals surface area contributed by atoms with Crippen LogP contribution in [0.5, 0.6) is 0 Å². The van der Waals surface area contributed by atoms with Crippen LogP contribution < -0.4 is 0 Å². The first-order valence-electron chi connectivity index (χ1n) is 5.08. The van der Waals surface area contributed by atoms with Crippen LogP contribution in [0.4, 0.5) is 0 Å². The zero-order chi connectivity index (χ0) is 9.52. The molecule has 0 aliphatic heterocycles. The summed E-state index contributed by atoms with van der Waals surface area (Å²) >= 11 is 0. The molecule has 0 heterocycles. The first kappa shape index (κ1) is 10.0. The first-order valence-corrected chi connectivity index (χ1v) is 5.08. The van der Waals surface area contributed by atoms with Crippen LogP contribution in [0.3, 0.4) is 0 Å². The van der Waals surface area contributed by atoms with Crippen molar-refractivity contribution in [2.75, 3.05) is 0 Å². The molecule has 0 saturated carbocycles. The summed E-state index contributed by atoms with van der Waals surface area (Å²) in [6.45, 7) is 4.28. The summed E-state index contributed by atoms with van der Waals surface area (Å²) in [4.78, 5) is 0. The molecule has 0 radical (unpaired) electrons. The highest BCUT2D eigenvalue weighted by Crippen LogP contribution is 2.08. The van der Waals surface area contributed by atoms with Crippen molar-refractivity contribution in [1.82, 2.24) is 0 Å². The molecular weight excluding hydrogens is 156 g/mol. The molecule has 70 valence electrons.